The van der Waals surface area contributed by atoms with Crippen molar-refractivity contribution in [1.82, 2.24) is 10.6 Å². The Morgan fingerprint density at radius 3 is 2.62 bits per heavy atom. The minimum absolute atomic E-state index is 0.0875. The third-order valence-electron chi connectivity index (χ3n) is 4.24. The average Bonchev–Trinajstić information content (AvgIpc) is 3.14. The third-order valence-corrected chi connectivity index (χ3v) is 5.43. The summed E-state index contributed by atoms with van der Waals surface area (Å²) in [7, 11) is 1.59. The molecule has 7 heteroatoms. The van der Waals surface area contributed by atoms with E-state index in [1.54, 1.807) is 7.05 Å². The molecule has 0 spiro atoms. The first-order valence-electron chi connectivity index (χ1n) is 8.70. The number of rotatable bonds is 6. The van der Waals surface area contributed by atoms with Crippen LogP contribution < -0.4 is 15.5 Å². The Hall–Kier alpha value is -2.38. The number of carbonyl (C=O) groups is 2. The van der Waals surface area contributed by atoms with Gasteiger partial charge in [-0.15, -0.1) is 11.3 Å². The van der Waals surface area contributed by atoms with E-state index >= 15 is 0 Å². The third kappa shape index (κ3) is 4.42. The smallest absolute Gasteiger partial charge is 0.261 e. The summed E-state index contributed by atoms with van der Waals surface area (Å²) < 4.78 is 5.45. The Bertz CT molecular complexity index is 755. The Balaban J connectivity index is 1.81. The SMILES string of the molecule is CNC(=O)CCNC(=O)c1cc(-c2ccccc2)c(N2CCOCC2)s1. The van der Waals surface area contributed by atoms with Crippen LogP contribution in [0, 0.1) is 0 Å². The lowest BCUT2D eigenvalue weighted by Gasteiger charge is -2.28. The molecule has 1 aliphatic rings. The van der Waals surface area contributed by atoms with Gasteiger partial charge in [-0.3, -0.25) is 9.59 Å². The van der Waals surface area contributed by atoms with Crippen molar-refractivity contribution in [2.45, 2.75) is 6.42 Å². The van der Waals surface area contributed by atoms with Crippen LogP contribution in [-0.2, 0) is 9.53 Å². The summed E-state index contributed by atoms with van der Waals surface area (Å²) in [6.07, 6.45) is 0.273. The highest BCUT2D eigenvalue weighted by molar-refractivity contribution is 7.18. The van der Waals surface area contributed by atoms with Gasteiger partial charge in [-0.05, 0) is 11.6 Å². The zero-order chi connectivity index (χ0) is 18.4. The van der Waals surface area contributed by atoms with Crippen LogP contribution in [0.1, 0.15) is 16.1 Å². The second-order valence-electron chi connectivity index (χ2n) is 5.97. The monoisotopic (exact) mass is 373 g/mol. The van der Waals surface area contributed by atoms with Gasteiger partial charge in [0.1, 0.15) is 0 Å². The number of nitrogens with zero attached hydrogens (tertiary/aromatic N) is 1. The number of carbonyl (C=O) groups excluding carboxylic acids is 2. The molecule has 0 radical (unpaired) electrons. The molecule has 3 rings (SSSR count). The van der Waals surface area contributed by atoms with Crippen molar-refractivity contribution < 1.29 is 14.3 Å². The molecule has 0 saturated carbocycles. The van der Waals surface area contributed by atoms with Crippen LogP contribution in [0.25, 0.3) is 11.1 Å². The molecule has 2 amide bonds. The van der Waals surface area contributed by atoms with Gasteiger partial charge in [0, 0.05) is 38.7 Å². The number of ether oxygens (including phenoxy) is 1. The van der Waals surface area contributed by atoms with Gasteiger partial charge in [0.15, 0.2) is 0 Å². The highest BCUT2D eigenvalue weighted by atomic mass is 32.1. The molecule has 6 nitrogen and oxygen atoms in total. The van der Waals surface area contributed by atoms with E-state index in [-0.39, 0.29) is 18.2 Å². The fraction of sp³-hybridized carbons (Fsp3) is 0.368. The van der Waals surface area contributed by atoms with Crippen molar-refractivity contribution in [3.05, 3.63) is 41.3 Å². The second kappa shape index (κ2) is 8.82. The number of hydrogen-bond acceptors (Lipinski definition) is 5. The molecule has 2 heterocycles. The number of anilines is 1. The molecule has 2 N–H and O–H groups in total. The molecule has 1 aromatic heterocycles. The van der Waals surface area contributed by atoms with Crippen LogP contribution in [0.3, 0.4) is 0 Å². The van der Waals surface area contributed by atoms with Crippen molar-refractivity contribution in [2.75, 3.05) is 44.8 Å². The van der Waals surface area contributed by atoms with Gasteiger partial charge < -0.3 is 20.3 Å². The van der Waals surface area contributed by atoms with Crippen LogP contribution in [0.5, 0.6) is 0 Å². The van der Waals surface area contributed by atoms with Crippen LogP contribution in [0.15, 0.2) is 36.4 Å². The molecule has 1 fully saturated rings. The summed E-state index contributed by atoms with van der Waals surface area (Å²) in [6, 6.07) is 12.0. The molecule has 0 atom stereocenters. The Labute approximate surface area is 157 Å². The quantitative estimate of drug-likeness (QED) is 0.814. The molecule has 2 aromatic rings. The van der Waals surface area contributed by atoms with Crippen molar-refractivity contribution in [3.63, 3.8) is 0 Å². The molecule has 1 saturated heterocycles. The van der Waals surface area contributed by atoms with Crippen molar-refractivity contribution >= 4 is 28.2 Å². The first-order valence-corrected chi connectivity index (χ1v) is 9.51. The van der Waals surface area contributed by atoms with E-state index in [1.165, 1.54) is 11.3 Å². The molecule has 1 aromatic carbocycles. The molecule has 0 unspecified atom stereocenters. The highest BCUT2D eigenvalue weighted by Crippen LogP contribution is 2.39. The van der Waals surface area contributed by atoms with Crippen molar-refractivity contribution in [1.29, 1.82) is 0 Å². The predicted molar refractivity (Wildman–Crippen MR) is 104 cm³/mol. The van der Waals surface area contributed by atoms with E-state index in [2.05, 4.69) is 27.7 Å². The lowest BCUT2D eigenvalue weighted by Crippen LogP contribution is -2.35. The predicted octanol–water partition coefficient (Wildman–Crippen LogP) is 2.12. The summed E-state index contributed by atoms with van der Waals surface area (Å²) in [6.45, 7) is 3.35. The summed E-state index contributed by atoms with van der Waals surface area (Å²) >= 11 is 1.49. The van der Waals surface area contributed by atoms with Gasteiger partial charge in [-0.2, -0.15) is 0 Å². The highest BCUT2D eigenvalue weighted by Gasteiger charge is 2.21. The molecule has 0 aliphatic carbocycles. The van der Waals surface area contributed by atoms with Crippen LogP contribution in [0.4, 0.5) is 5.00 Å². The second-order valence-corrected chi connectivity index (χ2v) is 7.00. The van der Waals surface area contributed by atoms with Crippen LogP contribution >= 0.6 is 11.3 Å². The summed E-state index contributed by atoms with van der Waals surface area (Å²) in [5.74, 6) is -0.231. The maximum absolute atomic E-state index is 12.5. The Morgan fingerprint density at radius 2 is 1.92 bits per heavy atom. The van der Waals surface area contributed by atoms with E-state index in [0.29, 0.717) is 24.6 Å². The minimum Gasteiger partial charge on any atom is -0.378 e. The van der Waals surface area contributed by atoms with E-state index in [4.69, 9.17) is 4.74 Å². The number of amides is 2. The maximum Gasteiger partial charge on any atom is 0.261 e. The van der Waals surface area contributed by atoms with Gasteiger partial charge in [-0.1, -0.05) is 30.3 Å². The molecule has 138 valence electrons. The molecule has 26 heavy (non-hydrogen) atoms. The average molecular weight is 373 g/mol. The number of hydrogen-bond donors (Lipinski definition) is 2. The first-order chi connectivity index (χ1) is 12.7. The van der Waals surface area contributed by atoms with Gasteiger partial charge in [-0.25, -0.2) is 0 Å². The Morgan fingerprint density at radius 1 is 1.19 bits per heavy atom. The lowest BCUT2D eigenvalue weighted by atomic mass is 10.1. The fourth-order valence-electron chi connectivity index (χ4n) is 2.82. The lowest BCUT2D eigenvalue weighted by molar-refractivity contribution is -0.120. The standard InChI is InChI=1S/C19H23N3O3S/c1-20-17(23)7-8-21-18(24)16-13-15(14-5-3-2-4-6-14)19(26-16)22-9-11-25-12-10-22/h2-6,13H,7-12H2,1H3,(H,20,23)(H,21,24). The van der Waals surface area contributed by atoms with Gasteiger partial charge >= 0.3 is 0 Å². The fourth-order valence-corrected chi connectivity index (χ4v) is 3.97. The van der Waals surface area contributed by atoms with Crippen molar-refractivity contribution in [3.8, 4) is 11.1 Å². The van der Waals surface area contributed by atoms with Crippen LogP contribution in [-0.4, -0.2) is 51.7 Å². The molecular weight excluding hydrogens is 350 g/mol. The van der Waals surface area contributed by atoms with Gasteiger partial charge in [0.25, 0.3) is 5.91 Å². The zero-order valence-corrected chi connectivity index (χ0v) is 15.6. The van der Waals surface area contributed by atoms with E-state index in [9.17, 15) is 9.59 Å². The number of morpholine rings is 1. The van der Waals surface area contributed by atoms with E-state index in [0.717, 1.165) is 29.2 Å². The van der Waals surface area contributed by atoms with E-state index < -0.39 is 0 Å². The maximum atomic E-state index is 12.5. The van der Waals surface area contributed by atoms with Crippen LogP contribution in [0.2, 0.25) is 0 Å². The number of nitrogens with one attached hydrogen (secondary N) is 2. The topological polar surface area (TPSA) is 70.7 Å². The molecular formula is C19H23N3O3S. The largest absolute Gasteiger partial charge is 0.378 e. The van der Waals surface area contributed by atoms with Crippen molar-refractivity contribution in [2.24, 2.45) is 0 Å². The normalized spacial score (nSPS) is 14.1. The van der Waals surface area contributed by atoms with Gasteiger partial charge in [0.2, 0.25) is 5.91 Å². The molecule has 0 bridgehead atoms. The van der Waals surface area contributed by atoms with E-state index in [1.807, 2.05) is 24.3 Å². The zero-order valence-electron chi connectivity index (χ0n) is 14.8. The number of thiophene rings is 1. The number of benzene rings is 1. The first kappa shape index (κ1) is 18.4. The summed E-state index contributed by atoms with van der Waals surface area (Å²) in [5, 5.41) is 6.47. The van der Waals surface area contributed by atoms with Gasteiger partial charge in [0.05, 0.1) is 23.1 Å². The Kier molecular flexibility index (Phi) is 6.25. The summed E-state index contributed by atoms with van der Waals surface area (Å²) in [5.41, 5.74) is 2.16. The summed E-state index contributed by atoms with van der Waals surface area (Å²) in [4.78, 5) is 26.8. The molecule has 1 aliphatic heterocycles. The minimum atomic E-state index is -0.143.